The Morgan fingerprint density at radius 2 is 2.12 bits per heavy atom. The number of hydrogen-bond acceptors (Lipinski definition) is 4. The number of benzene rings is 1. The van der Waals surface area contributed by atoms with E-state index in [0.29, 0.717) is 22.2 Å². The molecule has 0 radical (unpaired) electrons. The fourth-order valence-electron chi connectivity index (χ4n) is 3.84. The van der Waals surface area contributed by atoms with Crippen LogP contribution in [0.1, 0.15) is 31.7 Å². The van der Waals surface area contributed by atoms with Gasteiger partial charge in [0.05, 0.1) is 16.6 Å². The molecule has 2 atom stereocenters. The number of ether oxygens (including phenoxy) is 1. The van der Waals surface area contributed by atoms with Crippen LogP contribution < -0.4 is 5.32 Å². The molecule has 1 N–H and O–H groups in total. The number of rotatable bonds is 4. The summed E-state index contributed by atoms with van der Waals surface area (Å²) in [7, 11) is 0. The zero-order chi connectivity index (χ0) is 17.8. The second kappa shape index (κ2) is 8.18. The maximum atomic E-state index is 12.6. The lowest BCUT2D eigenvalue weighted by molar-refractivity contribution is -0.120. The molecule has 1 aromatic rings. The fraction of sp³-hybridized carbons (Fsp3) is 0.579. The third-order valence-electron chi connectivity index (χ3n) is 5.47. The molecule has 6 heteroatoms. The maximum Gasteiger partial charge on any atom is 0.241 e. The zero-order valence-corrected chi connectivity index (χ0v) is 15.3. The lowest BCUT2D eigenvalue weighted by Crippen LogP contribution is -2.41. The van der Waals surface area contributed by atoms with E-state index in [4.69, 9.17) is 21.6 Å². The number of carbonyl (C=O) groups is 1. The monoisotopic (exact) mass is 361 g/mol. The molecule has 0 bridgehead atoms. The molecule has 1 aromatic carbocycles. The molecule has 2 aliphatic rings. The fourth-order valence-corrected chi connectivity index (χ4v) is 4.06. The predicted octanol–water partition coefficient (Wildman–Crippen LogP) is 3.29. The number of nitrogens with zero attached hydrogens (tertiary/aromatic N) is 2. The maximum absolute atomic E-state index is 12.6. The number of amides is 1. The second-order valence-corrected chi connectivity index (χ2v) is 7.37. The van der Waals surface area contributed by atoms with Gasteiger partial charge in [0.1, 0.15) is 6.07 Å². The highest BCUT2D eigenvalue weighted by Gasteiger charge is 2.34. The van der Waals surface area contributed by atoms with Gasteiger partial charge in [-0.2, -0.15) is 5.26 Å². The first kappa shape index (κ1) is 18.2. The summed E-state index contributed by atoms with van der Waals surface area (Å²) in [5.41, 5.74) is 1.03. The first-order valence-electron chi connectivity index (χ1n) is 8.91. The van der Waals surface area contributed by atoms with Crippen molar-refractivity contribution in [2.45, 2.75) is 32.2 Å². The molecule has 2 heterocycles. The summed E-state index contributed by atoms with van der Waals surface area (Å²) in [5.74, 6) is 1.36. The normalized spacial score (nSPS) is 23.2. The van der Waals surface area contributed by atoms with Gasteiger partial charge in [0.15, 0.2) is 0 Å². The molecule has 3 rings (SSSR count). The summed E-state index contributed by atoms with van der Waals surface area (Å²) in [5, 5.41) is 12.2. The summed E-state index contributed by atoms with van der Waals surface area (Å²) in [6.07, 6.45) is 3.44. The van der Waals surface area contributed by atoms with Gasteiger partial charge >= 0.3 is 0 Å². The van der Waals surface area contributed by atoms with Crippen molar-refractivity contribution in [1.29, 1.82) is 5.26 Å². The average Bonchev–Trinajstić information content (AvgIpc) is 3.12. The van der Waals surface area contributed by atoms with Gasteiger partial charge in [-0.25, -0.2) is 0 Å². The summed E-state index contributed by atoms with van der Waals surface area (Å²) in [6, 6.07) is 6.80. The van der Waals surface area contributed by atoms with Crippen LogP contribution in [0, 0.1) is 23.2 Å². The summed E-state index contributed by atoms with van der Waals surface area (Å²) in [4.78, 5) is 14.8. The van der Waals surface area contributed by atoms with E-state index in [2.05, 4.69) is 10.2 Å². The van der Waals surface area contributed by atoms with E-state index in [9.17, 15) is 4.79 Å². The van der Waals surface area contributed by atoms with Crippen molar-refractivity contribution in [2.75, 3.05) is 31.6 Å². The lowest BCUT2D eigenvalue weighted by atomic mass is 9.85. The van der Waals surface area contributed by atoms with Gasteiger partial charge in [0.25, 0.3) is 0 Å². The van der Waals surface area contributed by atoms with Crippen LogP contribution in [0.3, 0.4) is 0 Å². The van der Waals surface area contributed by atoms with Crippen LogP contribution in [0.15, 0.2) is 18.2 Å². The second-order valence-electron chi connectivity index (χ2n) is 6.97. The third kappa shape index (κ3) is 4.33. The molecular formula is C19H24ClN3O2. The molecule has 2 unspecified atom stereocenters. The molecule has 0 saturated carbocycles. The van der Waals surface area contributed by atoms with Crippen LogP contribution in [-0.2, 0) is 9.53 Å². The highest BCUT2D eigenvalue weighted by molar-refractivity contribution is 6.32. The van der Waals surface area contributed by atoms with Gasteiger partial charge < -0.3 is 10.1 Å². The van der Waals surface area contributed by atoms with Crippen LogP contribution in [-0.4, -0.2) is 43.2 Å². The summed E-state index contributed by atoms with van der Waals surface area (Å²) in [6.45, 7) is 5.64. The largest absolute Gasteiger partial charge is 0.381 e. The predicted molar refractivity (Wildman–Crippen MR) is 97.5 cm³/mol. The minimum Gasteiger partial charge on any atom is -0.381 e. The molecule has 134 valence electrons. The highest BCUT2D eigenvalue weighted by Crippen LogP contribution is 2.32. The van der Waals surface area contributed by atoms with Crippen molar-refractivity contribution in [3.63, 3.8) is 0 Å². The number of hydrogen-bond donors (Lipinski definition) is 1. The van der Waals surface area contributed by atoms with E-state index in [1.165, 1.54) is 0 Å². The van der Waals surface area contributed by atoms with E-state index in [1.807, 2.05) is 13.0 Å². The first-order valence-corrected chi connectivity index (χ1v) is 9.28. The van der Waals surface area contributed by atoms with Gasteiger partial charge in [-0.3, -0.25) is 9.69 Å². The van der Waals surface area contributed by atoms with Crippen LogP contribution in [0.5, 0.6) is 0 Å². The topological polar surface area (TPSA) is 65.4 Å². The number of likely N-dealkylation sites (tertiary alicyclic amines) is 1. The number of halogens is 1. The molecule has 5 nitrogen and oxygen atoms in total. The Hall–Kier alpha value is -1.61. The Kier molecular flexibility index (Phi) is 5.95. The minimum absolute atomic E-state index is 0.0339. The summed E-state index contributed by atoms with van der Waals surface area (Å²) >= 11 is 6.03. The van der Waals surface area contributed by atoms with Gasteiger partial charge in [-0.15, -0.1) is 0 Å². The Balaban J connectivity index is 1.55. The molecule has 25 heavy (non-hydrogen) atoms. The smallest absolute Gasteiger partial charge is 0.241 e. The Bertz CT molecular complexity index is 667. The molecule has 2 aliphatic heterocycles. The lowest BCUT2D eigenvalue weighted by Gasteiger charge is -2.29. The van der Waals surface area contributed by atoms with Crippen molar-refractivity contribution < 1.29 is 9.53 Å². The van der Waals surface area contributed by atoms with Crippen molar-refractivity contribution in [3.05, 3.63) is 28.8 Å². The molecule has 0 aliphatic carbocycles. The third-order valence-corrected chi connectivity index (χ3v) is 5.79. The van der Waals surface area contributed by atoms with Crippen molar-refractivity contribution >= 4 is 23.2 Å². The molecule has 2 saturated heterocycles. The highest BCUT2D eigenvalue weighted by atomic mass is 35.5. The average molecular weight is 362 g/mol. The van der Waals surface area contributed by atoms with Gasteiger partial charge in [-0.05, 0) is 62.8 Å². The standard InChI is InChI=1S/C19H24ClN3O2/c1-13(19(24)22-17-3-2-15(11-21)18(20)10-17)23-7-4-16(12-23)14-5-8-25-9-6-14/h2-3,10,13-14,16H,4-9,12H2,1H3,(H,22,24). The van der Waals surface area contributed by atoms with Crippen molar-refractivity contribution in [1.82, 2.24) is 4.90 Å². The van der Waals surface area contributed by atoms with E-state index >= 15 is 0 Å². The number of nitrogens with one attached hydrogen (secondary N) is 1. The zero-order valence-electron chi connectivity index (χ0n) is 14.5. The Labute approximate surface area is 153 Å². The van der Waals surface area contributed by atoms with Gasteiger partial charge in [0.2, 0.25) is 5.91 Å². The number of nitriles is 1. The molecular weight excluding hydrogens is 338 g/mol. The molecule has 0 aromatic heterocycles. The molecule has 0 spiro atoms. The van der Waals surface area contributed by atoms with Crippen LogP contribution in [0.2, 0.25) is 5.02 Å². The Morgan fingerprint density at radius 3 is 2.80 bits per heavy atom. The first-order chi connectivity index (χ1) is 12.1. The van der Waals surface area contributed by atoms with Gasteiger partial charge in [-0.1, -0.05) is 11.6 Å². The van der Waals surface area contributed by atoms with Gasteiger partial charge in [0, 0.05) is 25.4 Å². The summed E-state index contributed by atoms with van der Waals surface area (Å²) < 4.78 is 5.46. The van der Waals surface area contributed by atoms with Crippen LogP contribution >= 0.6 is 11.6 Å². The van der Waals surface area contributed by atoms with E-state index in [-0.39, 0.29) is 11.9 Å². The number of anilines is 1. The van der Waals surface area contributed by atoms with E-state index in [0.717, 1.165) is 51.5 Å². The Morgan fingerprint density at radius 1 is 1.36 bits per heavy atom. The van der Waals surface area contributed by atoms with Crippen molar-refractivity contribution in [2.24, 2.45) is 11.8 Å². The number of carbonyl (C=O) groups excluding carboxylic acids is 1. The van der Waals surface area contributed by atoms with E-state index < -0.39 is 0 Å². The minimum atomic E-state index is -0.181. The van der Waals surface area contributed by atoms with Crippen LogP contribution in [0.4, 0.5) is 5.69 Å². The quantitative estimate of drug-likeness (QED) is 0.893. The van der Waals surface area contributed by atoms with E-state index in [1.54, 1.807) is 18.2 Å². The van der Waals surface area contributed by atoms with Crippen LogP contribution in [0.25, 0.3) is 0 Å². The van der Waals surface area contributed by atoms with Crippen molar-refractivity contribution in [3.8, 4) is 6.07 Å². The molecule has 2 fully saturated rings. The molecule has 1 amide bonds. The SMILES string of the molecule is CC(C(=O)Nc1ccc(C#N)c(Cl)c1)N1CCC(C2CCOCC2)C1.